The van der Waals surface area contributed by atoms with Gasteiger partial charge in [-0.1, -0.05) is 42.5 Å². The molecule has 3 nitrogen and oxygen atoms in total. The van der Waals surface area contributed by atoms with E-state index in [2.05, 4.69) is 5.32 Å². The maximum atomic E-state index is 10.9. The van der Waals surface area contributed by atoms with E-state index in [0.29, 0.717) is 6.42 Å². The van der Waals surface area contributed by atoms with E-state index < -0.39 is 6.10 Å². The second-order valence-electron chi connectivity index (χ2n) is 4.51. The first kappa shape index (κ1) is 13.3. The third-order valence-corrected chi connectivity index (χ3v) is 2.89. The number of aliphatic hydroxyl groups is 1. The zero-order valence-electron chi connectivity index (χ0n) is 10.8. The molecule has 0 saturated heterocycles. The number of anilines is 1. The lowest BCUT2D eigenvalue weighted by Crippen LogP contribution is -2.06. The largest absolute Gasteiger partial charge is 0.388 e. The van der Waals surface area contributed by atoms with Crippen molar-refractivity contribution < 1.29 is 9.90 Å². The van der Waals surface area contributed by atoms with Gasteiger partial charge in [-0.05, 0) is 23.3 Å². The van der Waals surface area contributed by atoms with Crippen LogP contribution >= 0.6 is 0 Å². The van der Waals surface area contributed by atoms with Crippen LogP contribution in [0.2, 0.25) is 0 Å². The Morgan fingerprint density at radius 2 is 1.74 bits per heavy atom. The molecular weight excluding hydrogens is 238 g/mol. The molecule has 2 aromatic rings. The zero-order chi connectivity index (χ0) is 13.7. The third kappa shape index (κ3) is 3.93. The number of carbonyl (C=O) groups is 1. The van der Waals surface area contributed by atoms with Crippen molar-refractivity contribution in [1.29, 1.82) is 0 Å². The molecule has 1 atom stereocenters. The molecule has 98 valence electrons. The fraction of sp³-hybridized carbons (Fsp3) is 0.188. The van der Waals surface area contributed by atoms with E-state index in [4.69, 9.17) is 0 Å². The van der Waals surface area contributed by atoms with Gasteiger partial charge in [0, 0.05) is 19.0 Å². The lowest BCUT2D eigenvalue weighted by atomic mass is 10.0. The molecular formula is C16H17NO2. The molecule has 0 saturated carbocycles. The Hall–Kier alpha value is -2.13. The topological polar surface area (TPSA) is 49.3 Å². The summed E-state index contributed by atoms with van der Waals surface area (Å²) in [4.78, 5) is 10.9. The van der Waals surface area contributed by atoms with E-state index in [9.17, 15) is 9.90 Å². The highest BCUT2D eigenvalue weighted by Crippen LogP contribution is 2.19. The number of carbonyl (C=O) groups excluding carboxylic acids is 1. The second kappa shape index (κ2) is 6.16. The standard InChI is InChI=1S/C16H17NO2/c1-12(18)17-15-9-7-13(8-10-15)11-16(19)14-5-3-2-4-6-14/h2-10,16,19H,11H2,1H3,(H,17,18). The number of amides is 1. The summed E-state index contributed by atoms with van der Waals surface area (Å²) < 4.78 is 0. The van der Waals surface area contributed by atoms with Gasteiger partial charge in [0.2, 0.25) is 5.91 Å². The molecule has 0 aliphatic heterocycles. The first-order chi connectivity index (χ1) is 9.15. The molecule has 19 heavy (non-hydrogen) atoms. The number of rotatable bonds is 4. The summed E-state index contributed by atoms with van der Waals surface area (Å²) in [6.07, 6.45) is 0.0532. The van der Waals surface area contributed by atoms with Crippen molar-refractivity contribution in [2.24, 2.45) is 0 Å². The monoisotopic (exact) mass is 255 g/mol. The Balaban J connectivity index is 2.01. The smallest absolute Gasteiger partial charge is 0.221 e. The maximum absolute atomic E-state index is 10.9. The fourth-order valence-corrected chi connectivity index (χ4v) is 1.94. The molecule has 2 N–H and O–H groups in total. The minimum absolute atomic E-state index is 0.0860. The first-order valence-electron chi connectivity index (χ1n) is 6.24. The number of benzene rings is 2. The normalized spacial score (nSPS) is 11.9. The molecule has 0 fully saturated rings. The van der Waals surface area contributed by atoms with Crippen molar-refractivity contribution in [3.8, 4) is 0 Å². The second-order valence-corrected chi connectivity index (χ2v) is 4.51. The van der Waals surface area contributed by atoms with Crippen LogP contribution in [0.1, 0.15) is 24.2 Å². The molecule has 0 aliphatic rings. The lowest BCUT2D eigenvalue weighted by Gasteiger charge is -2.11. The van der Waals surface area contributed by atoms with Crippen LogP contribution in [0.25, 0.3) is 0 Å². The number of aliphatic hydroxyl groups excluding tert-OH is 1. The Morgan fingerprint density at radius 1 is 1.11 bits per heavy atom. The van der Waals surface area contributed by atoms with Crippen LogP contribution in [0, 0.1) is 0 Å². The first-order valence-corrected chi connectivity index (χ1v) is 6.24. The fourth-order valence-electron chi connectivity index (χ4n) is 1.94. The van der Waals surface area contributed by atoms with Crippen molar-refractivity contribution >= 4 is 11.6 Å². The molecule has 0 spiro atoms. The van der Waals surface area contributed by atoms with E-state index in [1.165, 1.54) is 6.92 Å². The van der Waals surface area contributed by atoms with Gasteiger partial charge in [0.25, 0.3) is 0 Å². The average molecular weight is 255 g/mol. The van der Waals surface area contributed by atoms with Crippen LogP contribution in [-0.2, 0) is 11.2 Å². The molecule has 0 radical (unpaired) electrons. The zero-order valence-corrected chi connectivity index (χ0v) is 10.8. The van der Waals surface area contributed by atoms with Gasteiger partial charge in [0.05, 0.1) is 6.10 Å². The average Bonchev–Trinajstić information content (AvgIpc) is 2.41. The number of hydrogen-bond acceptors (Lipinski definition) is 2. The van der Waals surface area contributed by atoms with Gasteiger partial charge in [-0.3, -0.25) is 4.79 Å². The van der Waals surface area contributed by atoms with Crippen molar-refractivity contribution in [2.45, 2.75) is 19.4 Å². The SMILES string of the molecule is CC(=O)Nc1ccc(CC(O)c2ccccc2)cc1. The number of hydrogen-bond donors (Lipinski definition) is 2. The van der Waals surface area contributed by atoms with Crippen molar-refractivity contribution in [3.05, 3.63) is 65.7 Å². The predicted molar refractivity (Wildman–Crippen MR) is 75.9 cm³/mol. The van der Waals surface area contributed by atoms with E-state index in [1.54, 1.807) is 0 Å². The minimum Gasteiger partial charge on any atom is -0.388 e. The molecule has 1 amide bonds. The molecule has 2 rings (SSSR count). The van der Waals surface area contributed by atoms with Gasteiger partial charge in [-0.2, -0.15) is 0 Å². The van der Waals surface area contributed by atoms with Gasteiger partial charge in [0.1, 0.15) is 0 Å². The summed E-state index contributed by atoms with van der Waals surface area (Å²) in [7, 11) is 0. The summed E-state index contributed by atoms with van der Waals surface area (Å²) in [6, 6.07) is 17.1. The number of nitrogens with one attached hydrogen (secondary N) is 1. The Morgan fingerprint density at radius 3 is 2.32 bits per heavy atom. The van der Waals surface area contributed by atoms with E-state index >= 15 is 0 Å². The highest BCUT2D eigenvalue weighted by atomic mass is 16.3. The van der Waals surface area contributed by atoms with Crippen molar-refractivity contribution in [2.75, 3.05) is 5.32 Å². The van der Waals surface area contributed by atoms with Gasteiger partial charge >= 0.3 is 0 Å². The minimum atomic E-state index is -0.507. The van der Waals surface area contributed by atoms with Gasteiger partial charge in [-0.25, -0.2) is 0 Å². The molecule has 3 heteroatoms. The Kier molecular flexibility index (Phi) is 4.31. The molecule has 2 aromatic carbocycles. The maximum Gasteiger partial charge on any atom is 0.221 e. The molecule has 0 heterocycles. The summed E-state index contributed by atoms with van der Waals surface area (Å²) in [5, 5.41) is 12.8. The van der Waals surface area contributed by atoms with Gasteiger partial charge in [0.15, 0.2) is 0 Å². The highest BCUT2D eigenvalue weighted by molar-refractivity contribution is 5.88. The van der Waals surface area contributed by atoms with Crippen LogP contribution in [0.15, 0.2) is 54.6 Å². The highest BCUT2D eigenvalue weighted by Gasteiger charge is 2.07. The molecule has 0 aromatic heterocycles. The molecule has 1 unspecified atom stereocenters. The third-order valence-electron chi connectivity index (χ3n) is 2.89. The Bertz CT molecular complexity index is 534. The predicted octanol–water partition coefficient (Wildman–Crippen LogP) is 2.92. The van der Waals surface area contributed by atoms with Crippen molar-refractivity contribution in [3.63, 3.8) is 0 Å². The van der Waals surface area contributed by atoms with E-state index in [1.807, 2.05) is 54.6 Å². The lowest BCUT2D eigenvalue weighted by molar-refractivity contribution is -0.114. The summed E-state index contributed by atoms with van der Waals surface area (Å²) in [5.41, 5.74) is 2.71. The summed E-state index contributed by atoms with van der Waals surface area (Å²) in [6.45, 7) is 1.48. The van der Waals surface area contributed by atoms with Crippen LogP contribution in [0.4, 0.5) is 5.69 Å². The van der Waals surface area contributed by atoms with Crippen LogP contribution in [0.3, 0.4) is 0 Å². The van der Waals surface area contributed by atoms with Gasteiger partial charge in [-0.15, -0.1) is 0 Å². The molecule has 0 bridgehead atoms. The van der Waals surface area contributed by atoms with E-state index in [0.717, 1.165) is 16.8 Å². The van der Waals surface area contributed by atoms with Crippen molar-refractivity contribution in [1.82, 2.24) is 0 Å². The summed E-state index contributed by atoms with van der Waals surface area (Å²) >= 11 is 0. The van der Waals surface area contributed by atoms with Gasteiger partial charge < -0.3 is 10.4 Å². The Labute approximate surface area is 112 Å². The summed E-state index contributed by atoms with van der Waals surface area (Å²) in [5.74, 6) is -0.0860. The quantitative estimate of drug-likeness (QED) is 0.882. The molecule has 0 aliphatic carbocycles. The van der Waals surface area contributed by atoms with Crippen LogP contribution in [-0.4, -0.2) is 11.0 Å². The van der Waals surface area contributed by atoms with Crippen LogP contribution in [0.5, 0.6) is 0 Å². The van der Waals surface area contributed by atoms with E-state index in [-0.39, 0.29) is 5.91 Å². The van der Waals surface area contributed by atoms with Crippen LogP contribution < -0.4 is 5.32 Å².